The van der Waals surface area contributed by atoms with Crippen LogP contribution in [0.3, 0.4) is 0 Å². The molecule has 0 amide bonds. The van der Waals surface area contributed by atoms with Crippen LogP contribution in [0.15, 0.2) is 12.2 Å². The van der Waals surface area contributed by atoms with Crippen LogP contribution in [-0.2, 0) is 4.74 Å². The van der Waals surface area contributed by atoms with Gasteiger partial charge in [-0.1, -0.05) is 38.3 Å². The molecule has 1 aliphatic carbocycles. The molecule has 16 heavy (non-hydrogen) atoms. The van der Waals surface area contributed by atoms with E-state index >= 15 is 0 Å². The van der Waals surface area contributed by atoms with Crippen LogP contribution >= 0.6 is 0 Å². The highest BCUT2D eigenvalue weighted by molar-refractivity contribution is 4.92. The molecule has 1 fully saturated rings. The predicted octanol–water partition coefficient (Wildman–Crippen LogP) is 3.30. The van der Waals surface area contributed by atoms with Crippen LogP contribution in [0.25, 0.3) is 0 Å². The zero-order chi connectivity index (χ0) is 11.6. The van der Waals surface area contributed by atoms with Gasteiger partial charge in [-0.25, -0.2) is 0 Å². The number of hydrogen-bond donors (Lipinski definition) is 1. The molecule has 0 heterocycles. The average molecular weight is 226 g/mol. The lowest BCUT2D eigenvalue weighted by Crippen LogP contribution is -2.20. The van der Waals surface area contributed by atoms with Crippen LogP contribution in [0.1, 0.15) is 51.9 Å². The molecule has 0 aromatic carbocycles. The molecular weight excluding hydrogens is 200 g/mol. The Bertz CT molecular complexity index is 183. The summed E-state index contributed by atoms with van der Waals surface area (Å²) < 4.78 is 5.38. The summed E-state index contributed by atoms with van der Waals surface area (Å²) >= 11 is 0. The van der Waals surface area contributed by atoms with Crippen molar-refractivity contribution in [2.24, 2.45) is 5.92 Å². The fourth-order valence-electron chi connectivity index (χ4n) is 2.27. The van der Waals surface area contributed by atoms with Gasteiger partial charge in [0.2, 0.25) is 0 Å². The van der Waals surface area contributed by atoms with Crippen LogP contribution in [-0.4, -0.2) is 24.4 Å². The Kier molecular flexibility index (Phi) is 7.52. The van der Waals surface area contributed by atoms with Crippen molar-refractivity contribution in [2.45, 2.75) is 58.0 Å². The van der Waals surface area contributed by atoms with E-state index in [-0.39, 0.29) is 6.10 Å². The van der Waals surface area contributed by atoms with Gasteiger partial charge in [0.15, 0.2) is 0 Å². The van der Waals surface area contributed by atoms with Gasteiger partial charge in [-0.15, -0.1) is 0 Å². The number of aliphatic hydroxyl groups is 1. The van der Waals surface area contributed by atoms with Gasteiger partial charge in [-0.3, -0.25) is 0 Å². The molecule has 2 nitrogen and oxygen atoms in total. The van der Waals surface area contributed by atoms with Crippen LogP contribution in [0.4, 0.5) is 0 Å². The van der Waals surface area contributed by atoms with Crippen LogP contribution in [0.5, 0.6) is 0 Å². The quantitative estimate of drug-likeness (QED) is 0.533. The second kappa shape index (κ2) is 8.77. The van der Waals surface area contributed by atoms with Crippen molar-refractivity contribution in [2.75, 3.05) is 13.2 Å². The Morgan fingerprint density at radius 3 is 2.69 bits per heavy atom. The molecule has 1 aliphatic rings. The van der Waals surface area contributed by atoms with Crippen LogP contribution in [0, 0.1) is 5.92 Å². The first-order valence-corrected chi connectivity index (χ1v) is 6.77. The second-order valence-corrected chi connectivity index (χ2v) is 4.72. The molecule has 0 aromatic heterocycles. The maximum atomic E-state index is 9.95. The second-order valence-electron chi connectivity index (χ2n) is 4.72. The van der Waals surface area contributed by atoms with Gasteiger partial charge in [0.25, 0.3) is 0 Å². The molecule has 0 spiro atoms. The first-order valence-electron chi connectivity index (χ1n) is 6.77. The fourth-order valence-corrected chi connectivity index (χ4v) is 2.27. The molecule has 0 bridgehead atoms. The molecule has 94 valence electrons. The third-order valence-corrected chi connectivity index (χ3v) is 3.24. The van der Waals surface area contributed by atoms with Gasteiger partial charge in [-0.2, -0.15) is 0 Å². The minimum Gasteiger partial charge on any atom is -0.389 e. The summed E-state index contributed by atoms with van der Waals surface area (Å²) in [6, 6.07) is 0. The maximum Gasteiger partial charge on any atom is 0.0749 e. The van der Waals surface area contributed by atoms with E-state index in [4.69, 9.17) is 4.74 Å². The Hall–Kier alpha value is -0.340. The van der Waals surface area contributed by atoms with E-state index in [0.29, 0.717) is 5.92 Å². The molecule has 2 heteroatoms. The van der Waals surface area contributed by atoms with Crippen molar-refractivity contribution >= 4 is 0 Å². The summed E-state index contributed by atoms with van der Waals surface area (Å²) in [5.74, 6) is 0.501. The van der Waals surface area contributed by atoms with Crippen molar-refractivity contribution in [3.8, 4) is 0 Å². The topological polar surface area (TPSA) is 29.5 Å². The van der Waals surface area contributed by atoms with Crippen LogP contribution < -0.4 is 0 Å². The predicted molar refractivity (Wildman–Crippen MR) is 67.4 cm³/mol. The van der Waals surface area contributed by atoms with Crippen molar-refractivity contribution in [3.63, 3.8) is 0 Å². The zero-order valence-electron chi connectivity index (χ0n) is 10.5. The largest absolute Gasteiger partial charge is 0.389 e. The van der Waals surface area contributed by atoms with Crippen molar-refractivity contribution in [1.82, 2.24) is 0 Å². The van der Waals surface area contributed by atoms with E-state index in [1.54, 1.807) is 0 Å². The summed E-state index contributed by atoms with van der Waals surface area (Å²) in [7, 11) is 0. The standard InChI is InChI=1S/C14H26O2/c1-2-11-16-12-7-6-10-14(15)13-8-4-3-5-9-13/h6,10,13-15H,2-5,7-9,11-12H2,1H3/b10-6+/t14-/m0/s1. The zero-order valence-corrected chi connectivity index (χ0v) is 10.5. The van der Waals surface area contributed by atoms with Gasteiger partial charge in [0.05, 0.1) is 12.7 Å². The highest BCUT2D eigenvalue weighted by Gasteiger charge is 2.18. The minimum absolute atomic E-state index is 0.230. The Balaban J connectivity index is 2.07. The smallest absolute Gasteiger partial charge is 0.0749 e. The van der Waals surface area contributed by atoms with Crippen molar-refractivity contribution < 1.29 is 9.84 Å². The first-order chi connectivity index (χ1) is 7.84. The van der Waals surface area contributed by atoms with E-state index in [1.165, 1.54) is 32.1 Å². The first kappa shape index (κ1) is 13.7. The normalized spacial score (nSPS) is 20.4. The molecule has 0 unspecified atom stereocenters. The molecular formula is C14H26O2. The van der Waals surface area contributed by atoms with Gasteiger partial charge in [-0.05, 0) is 31.6 Å². The summed E-state index contributed by atoms with van der Waals surface area (Å²) in [4.78, 5) is 0. The van der Waals surface area contributed by atoms with E-state index in [9.17, 15) is 5.11 Å². The molecule has 0 aliphatic heterocycles. The summed E-state index contributed by atoms with van der Waals surface area (Å²) in [6.07, 6.45) is 12.1. The molecule has 0 saturated heterocycles. The van der Waals surface area contributed by atoms with Crippen molar-refractivity contribution in [3.05, 3.63) is 12.2 Å². The van der Waals surface area contributed by atoms with Gasteiger partial charge in [0.1, 0.15) is 0 Å². The number of aliphatic hydroxyl groups excluding tert-OH is 1. The molecule has 1 N–H and O–H groups in total. The molecule has 1 saturated carbocycles. The van der Waals surface area contributed by atoms with Crippen molar-refractivity contribution in [1.29, 1.82) is 0 Å². The third-order valence-electron chi connectivity index (χ3n) is 3.24. The van der Waals surface area contributed by atoms with E-state index in [0.717, 1.165) is 26.1 Å². The fraction of sp³-hybridized carbons (Fsp3) is 0.857. The summed E-state index contributed by atoms with van der Waals surface area (Å²) in [6.45, 7) is 3.74. The average Bonchev–Trinajstić information content (AvgIpc) is 2.34. The number of hydrogen-bond acceptors (Lipinski definition) is 2. The lowest BCUT2D eigenvalue weighted by atomic mass is 9.85. The monoisotopic (exact) mass is 226 g/mol. The molecule has 0 aromatic rings. The molecule has 1 rings (SSSR count). The van der Waals surface area contributed by atoms with E-state index in [2.05, 4.69) is 13.0 Å². The molecule has 0 radical (unpaired) electrons. The molecule has 1 atom stereocenters. The Labute approximate surface area is 99.7 Å². The minimum atomic E-state index is -0.230. The highest BCUT2D eigenvalue weighted by Crippen LogP contribution is 2.26. The SMILES string of the molecule is CCCOCC/C=C/[C@H](O)C1CCCCC1. The van der Waals surface area contributed by atoms with E-state index in [1.807, 2.05) is 6.08 Å². The Morgan fingerprint density at radius 1 is 1.25 bits per heavy atom. The number of ether oxygens (including phenoxy) is 1. The third kappa shape index (κ3) is 5.66. The number of rotatable bonds is 7. The van der Waals surface area contributed by atoms with Gasteiger partial charge >= 0.3 is 0 Å². The lowest BCUT2D eigenvalue weighted by molar-refractivity contribution is 0.123. The van der Waals surface area contributed by atoms with Gasteiger partial charge < -0.3 is 9.84 Å². The summed E-state index contributed by atoms with van der Waals surface area (Å²) in [5, 5.41) is 9.95. The lowest BCUT2D eigenvalue weighted by Gasteiger charge is -2.24. The van der Waals surface area contributed by atoms with E-state index < -0.39 is 0 Å². The maximum absolute atomic E-state index is 9.95. The highest BCUT2D eigenvalue weighted by atomic mass is 16.5. The summed E-state index contributed by atoms with van der Waals surface area (Å²) in [5.41, 5.74) is 0. The van der Waals surface area contributed by atoms with Gasteiger partial charge in [0, 0.05) is 6.61 Å². The Morgan fingerprint density at radius 2 is 2.00 bits per heavy atom. The van der Waals surface area contributed by atoms with Crippen LogP contribution in [0.2, 0.25) is 0 Å².